The zero-order chi connectivity index (χ0) is 23.4. The molecule has 1 fully saturated rings. The maximum Gasteiger partial charge on any atom is 0.419 e. The number of carbonyl (C=O) groups excluding carboxylic acids is 2. The summed E-state index contributed by atoms with van der Waals surface area (Å²) < 4.78 is 8.72. The van der Waals surface area contributed by atoms with E-state index in [0.717, 1.165) is 34.2 Å². The number of anilines is 2. The second-order valence-corrected chi connectivity index (χ2v) is 9.73. The van der Waals surface area contributed by atoms with Gasteiger partial charge in [0.1, 0.15) is 5.75 Å². The molecule has 2 aliphatic rings. The Bertz CT molecular complexity index is 1420. The predicted octanol–water partition coefficient (Wildman–Crippen LogP) is 5.26. The fourth-order valence-electron chi connectivity index (χ4n) is 4.54. The van der Waals surface area contributed by atoms with Crippen molar-refractivity contribution in [3.63, 3.8) is 0 Å². The Kier molecular flexibility index (Phi) is 4.88. The lowest BCUT2D eigenvalue weighted by Gasteiger charge is -2.40. The molecule has 0 bridgehead atoms. The van der Waals surface area contributed by atoms with E-state index in [1.165, 1.54) is 11.3 Å². The maximum atomic E-state index is 13.3. The number of fused-ring (bicyclic) bond motifs is 2. The molecular formula is C25H23N5O3S. The molecule has 1 aliphatic carbocycles. The van der Waals surface area contributed by atoms with Crippen molar-refractivity contribution in [2.45, 2.75) is 38.8 Å². The molecule has 3 heterocycles. The molecule has 2 aromatic carbocycles. The second-order valence-electron chi connectivity index (χ2n) is 8.84. The van der Waals surface area contributed by atoms with E-state index in [-0.39, 0.29) is 11.9 Å². The van der Waals surface area contributed by atoms with Crippen molar-refractivity contribution in [2.75, 3.05) is 16.3 Å². The quantitative estimate of drug-likeness (QED) is 0.406. The van der Waals surface area contributed by atoms with Gasteiger partial charge < -0.3 is 9.64 Å². The Morgan fingerprint density at radius 2 is 1.94 bits per heavy atom. The van der Waals surface area contributed by atoms with Crippen molar-refractivity contribution in [1.29, 1.82) is 0 Å². The first kappa shape index (κ1) is 20.9. The van der Waals surface area contributed by atoms with Crippen LogP contribution in [0.15, 0.2) is 54.3 Å². The predicted molar refractivity (Wildman–Crippen MR) is 132 cm³/mol. The maximum absolute atomic E-state index is 13.3. The second kappa shape index (κ2) is 7.95. The third-order valence-electron chi connectivity index (χ3n) is 6.34. The topological polar surface area (TPSA) is 80.6 Å². The highest BCUT2D eigenvalue weighted by molar-refractivity contribution is 7.16. The van der Waals surface area contributed by atoms with E-state index in [4.69, 9.17) is 4.74 Å². The van der Waals surface area contributed by atoms with Crippen LogP contribution in [0.1, 0.15) is 32.7 Å². The van der Waals surface area contributed by atoms with Crippen LogP contribution in [0.2, 0.25) is 0 Å². The molecule has 0 spiro atoms. The molecule has 1 atom stereocenters. The molecule has 0 saturated heterocycles. The zero-order valence-electron chi connectivity index (χ0n) is 18.8. The van der Waals surface area contributed by atoms with Crippen LogP contribution in [-0.4, -0.2) is 39.4 Å². The lowest BCUT2D eigenvalue weighted by molar-refractivity contribution is -0.117. The van der Waals surface area contributed by atoms with Gasteiger partial charge in [-0.1, -0.05) is 6.07 Å². The highest BCUT2D eigenvalue weighted by Crippen LogP contribution is 2.40. The zero-order valence-corrected chi connectivity index (χ0v) is 19.7. The van der Waals surface area contributed by atoms with Crippen molar-refractivity contribution in [3.05, 3.63) is 54.3 Å². The molecule has 0 N–H and O–H groups in total. The number of nitrogens with zero attached hydrogens (tertiary/aromatic N) is 5. The van der Waals surface area contributed by atoms with Crippen LogP contribution in [0.5, 0.6) is 5.75 Å². The number of rotatable bonds is 3. The molecule has 172 valence electrons. The molecule has 2 amide bonds. The Labute approximate surface area is 200 Å². The number of aromatic nitrogens is 3. The summed E-state index contributed by atoms with van der Waals surface area (Å²) >= 11 is 1.50. The fourth-order valence-corrected chi connectivity index (χ4v) is 5.24. The molecule has 1 saturated carbocycles. The van der Waals surface area contributed by atoms with Gasteiger partial charge in [-0.25, -0.2) is 9.78 Å². The van der Waals surface area contributed by atoms with Crippen LogP contribution in [0.3, 0.4) is 0 Å². The van der Waals surface area contributed by atoms with Crippen molar-refractivity contribution in [2.24, 2.45) is 0 Å². The van der Waals surface area contributed by atoms with Crippen LogP contribution in [0, 0.1) is 0 Å². The number of benzene rings is 2. The third kappa shape index (κ3) is 3.62. The molecule has 6 rings (SSSR count). The van der Waals surface area contributed by atoms with E-state index in [2.05, 4.69) is 10.1 Å². The van der Waals surface area contributed by atoms with Gasteiger partial charge in [0.2, 0.25) is 5.91 Å². The van der Waals surface area contributed by atoms with Crippen LogP contribution in [0.25, 0.3) is 21.3 Å². The molecule has 34 heavy (non-hydrogen) atoms. The average molecular weight is 474 g/mol. The van der Waals surface area contributed by atoms with E-state index >= 15 is 0 Å². The van der Waals surface area contributed by atoms with Gasteiger partial charge in [0.15, 0.2) is 0 Å². The standard InChI is InChI=1S/C25H23N5O3S/c1-15-12-28(25(32)33-20-6-7-21-24(10-20)34-14-26-21)23-9-17(3-8-22(23)30(15)16(2)31)18-11-27-29(13-18)19-4-5-19/h3,6-11,13-15,19H,4-5,12H2,1-2H3/t15-/m0/s1. The highest BCUT2D eigenvalue weighted by Gasteiger charge is 2.35. The van der Waals surface area contributed by atoms with Gasteiger partial charge >= 0.3 is 6.09 Å². The van der Waals surface area contributed by atoms with Crippen LogP contribution in [0.4, 0.5) is 16.2 Å². The van der Waals surface area contributed by atoms with Crippen LogP contribution in [-0.2, 0) is 4.79 Å². The van der Waals surface area contributed by atoms with E-state index in [9.17, 15) is 9.59 Å². The summed E-state index contributed by atoms with van der Waals surface area (Å²) in [5.41, 5.74) is 5.89. The van der Waals surface area contributed by atoms with Crippen molar-refractivity contribution < 1.29 is 14.3 Å². The summed E-state index contributed by atoms with van der Waals surface area (Å²) in [5.74, 6) is 0.401. The smallest absolute Gasteiger partial charge is 0.410 e. The lowest BCUT2D eigenvalue weighted by atomic mass is 10.0. The number of hydrogen-bond acceptors (Lipinski definition) is 6. The van der Waals surface area contributed by atoms with Gasteiger partial charge in [0, 0.05) is 31.3 Å². The molecule has 8 nitrogen and oxygen atoms in total. The van der Waals surface area contributed by atoms with Gasteiger partial charge in [0.05, 0.1) is 45.4 Å². The molecule has 0 unspecified atom stereocenters. The Morgan fingerprint density at radius 3 is 2.74 bits per heavy atom. The molecule has 2 aromatic heterocycles. The van der Waals surface area contributed by atoms with E-state index in [0.29, 0.717) is 29.7 Å². The number of carbonyl (C=O) groups is 2. The van der Waals surface area contributed by atoms with Crippen molar-refractivity contribution in [3.8, 4) is 16.9 Å². The first-order valence-electron chi connectivity index (χ1n) is 11.3. The molecule has 0 radical (unpaired) electrons. The molecule has 9 heteroatoms. The Morgan fingerprint density at radius 1 is 1.09 bits per heavy atom. The number of hydrogen-bond donors (Lipinski definition) is 0. The SMILES string of the molecule is CC(=O)N1c2ccc(-c3cnn(C4CC4)c3)cc2N(C(=O)Oc2ccc3ncsc3c2)C[C@@H]1C. The van der Waals surface area contributed by atoms with Crippen LogP contribution < -0.4 is 14.5 Å². The van der Waals surface area contributed by atoms with Crippen molar-refractivity contribution >= 4 is 44.9 Å². The van der Waals surface area contributed by atoms with Crippen LogP contribution >= 0.6 is 11.3 Å². The van der Waals surface area contributed by atoms with Gasteiger partial charge in [-0.15, -0.1) is 11.3 Å². The minimum atomic E-state index is -0.481. The van der Waals surface area contributed by atoms with Gasteiger partial charge in [0.25, 0.3) is 0 Å². The Balaban J connectivity index is 1.36. The largest absolute Gasteiger partial charge is 0.419 e. The first-order valence-corrected chi connectivity index (χ1v) is 12.2. The van der Waals surface area contributed by atoms with E-state index < -0.39 is 6.09 Å². The summed E-state index contributed by atoms with van der Waals surface area (Å²) in [6.45, 7) is 3.81. The molecule has 1 aliphatic heterocycles. The normalized spacial score (nSPS) is 17.6. The molecule has 4 aromatic rings. The first-order chi connectivity index (χ1) is 16.5. The average Bonchev–Trinajstić information content (AvgIpc) is 3.36. The summed E-state index contributed by atoms with van der Waals surface area (Å²) in [6, 6.07) is 11.5. The third-order valence-corrected chi connectivity index (χ3v) is 7.13. The Hall–Kier alpha value is -3.72. The van der Waals surface area contributed by atoms with Gasteiger partial charge in [-0.3, -0.25) is 14.4 Å². The lowest BCUT2D eigenvalue weighted by Crippen LogP contribution is -2.52. The monoisotopic (exact) mass is 473 g/mol. The van der Waals surface area contributed by atoms with E-state index in [1.54, 1.807) is 28.3 Å². The minimum Gasteiger partial charge on any atom is -0.410 e. The van der Waals surface area contributed by atoms with Gasteiger partial charge in [-0.2, -0.15) is 5.10 Å². The van der Waals surface area contributed by atoms with Crippen molar-refractivity contribution in [1.82, 2.24) is 14.8 Å². The number of ether oxygens (including phenoxy) is 1. The van der Waals surface area contributed by atoms with E-state index in [1.807, 2.05) is 54.3 Å². The number of amides is 2. The summed E-state index contributed by atoms with van der Waals surface area (Å²) in [7, 11) is 0. The molecular weight excluding hydrogens is 450 g/mol. The summed E-state index contributed by atoms with van der Waals surface area (Å²) in [5, 5.41) is 4.50. The fraction of sp³-hybridized carbons (Fsp3) is 0.280. The minimum absolute atomic E-state index is 0.0632. The number of thiazole rings is 1. The highest BCUT2D eigenvalue weighted by atomic mass is 32.1. The summed E-state index contributed by atoms with van der Waals surface area (Å²) in [6.07, 6.45) is 5.72. The summed E-state index contributed by atoms with van der Waals surface area (Å²) in [4.78, 5) is 33.4. The van der Waals surface area contributed by atoms with Gasteiger partial charge in [-0.05, 0) is 49.6 Å².